The highest BCUT2D eigenvalue weighted by Crippen LogP contribution is 2.19. The fraction of sp³-hybridized carbons (Fsp3) is 0.421. The van der Waals surface area contributed by atoms with Gasteiger partial charge in [-0.1, -0.05) is 23.8 Å². The third-order valence-electron chi connectivity index (χ3n) is 4.03. The lowest BCUT2D eigenvalue weighted by molar-refractivity contribution is 0.254. The molecule has 22 heavy (non-hydrogen) atoms. The van der Waals surface area contributed by atoms with E-state index in [0.717, 1.165) is 32.6 Å². The zero-order valence-electron chi connectivity index (χ0n) is 14.0. The van der Waals surface area contributed by atoms with Crippen LogP contribution in [0.2, 0.25) is 0 Å². The Labute approximate surface area is 134 Å². The van der Waals surface area contributed by atoms with Gasteiger partial charge in [0.2, 0.25) is 0 Å². The minimum atomic E-state index is 0.732. The zero-order valence-corrected chi connectivity index (χ0v) is 14.0. The minimum Gasteiger partial charge on any atom is -0.330 e. The summed E-state index contributed by atoms with van der Waals surface area (Å²) in [5.41, 5.74) is 12.5. The molecule has 0 bridgehead atoms. The summed E-state index contributed by atoms with van der Waals surface area (Å²) >= 11 is 0. The van der Waals surface area contributed by atoms with Gasteiger partial charge >= 0.3 is 0 Å². The summed E-state index contributed by atoms with van der Waals surface area (Å²) in [6, 6.07) is 8.68. The normalized spacial score (nSPS) is 11.1. The first-order chi connectivity index (χ1) is 10.6. The Bertz CT molecular complexity index is 570. The van der Waals surface area contributed by atoms with Crippen LogP contribution in [0.5, 0.6) is 0 Å². The summed E-state index contributed by atoms with van der Waals surface area (Å²) in [6.45, 7) is 10.2. The summed E-state index contributed by atoms with van der Waals surface area (Å²) in [6.07, 6.45) is 4.79. The van der Waals surface area contributed by atoms with E-state index in [9.17, 15) is 0 Å². The molecular formula is C19H27N3. The minimum absolute atomic E-state index is 0.732. The molecule has 2 rings (SSSR count). The van der Waals surface area contributed by atoms with Gasteiger partial charge in [0, 0.05) is 32.0 Å². The van der Waals surface area contributed by atoms with Crippen LogP contribution in [0.3, 0.4) is 0 Å². The number of nitrogens with zero attached hydrogens (tertiary/aromatic N) is 2. The van der Waals surface area contributed by atoms with E-state index in [1.54, 1.807) is 0 Å². The number of benzene rings is 1. The van der Waals surface area contributed by atoms with Gasteiger partial charge in [0.15, 0.2) is 0 Å². The molecule has 0 radical (unpaired) electrons. The molecule has 0 saturated heterocycles. The molecule has 3 nitrogen and oxygen atoms in total. The van der Waals surface area contributed by atoms with Gasteiger partial charge in [-0.05, 0) is 62.1 Å². The van der Waals surface area contributed by atoms with Crippen molar-refractivity contribution in [2.45, 2.75) is 40.3 Å². The van der Waals surface area contributed by atoms with Gasteiger partial charge in [0.1, 0.15) is 0 Å². The van der Waals surface area contributed by atoms with Crippen LogP contribution in [-0.2, 0) is 13.1 Å². The van der Waals surface area contributed by atoms with E-state index in [4.69, 9.17) is 5.73 Å². The van der Waals surface area contributed by atoms with E-state index in [2.05, 4.69) is 48.9 Å². The predicted molar refractivity (Wildman–Crippen MR) is 92.7 cm³/mol. The van der Waals surface area contributed by atoms with Crippen molar-refractivity contribution in [3.8, 4) is 0 Å². The number of nitrogens with two attached hydrogens (primary N) is 1. The van der Waals surface area contributed by atoms with Crippen molar-refractivity contribution in [2.75, 3.05) is 13.1 Å². The predicted octanol–water partition coefficient (Wildman–Crippen LogP) is 3.36. The van der Waals surface area contributed by atoms with Gasteiger partial charge in [0.25, 0.3) is 0 Å². The van der Waals surface area contributed by atoms with Crippen molar-refractivity contribution in [3.63, 3.8) is 0 Å². The van der Waals surface area contributed by atoms with E-state index in [1.165, 1.54) is 27.8 Å². The first-order valence-corrected chi connectivity index (χ1v) is 7.98. The fourth-order valence-electron chi connectivity index (χ4n) is 2.96. The van der Waals surface area contributed by atoms with Crippen LogP contribution >= 0.6 is 0 Å². The van der Waals surface area contributed by atoms with Crippen LogP contribution in [0.4, 0.5) is 0 Å². The smallest absolute Gasteiger partial charge is 0.0312 e. The van der Waals surface area contributed by atoms with Crippen LogP contribution in [0, 0.1) is 20.8 Å². The number of aromatic nitrogens is 1. The highest BCUT2D eigenvalue weighted by molar-refractivity contribution is 5.37. The lowest BCUT2D eigenvalue weighted by Crippen LogP contribution is -2.26. The maximum Gasteiger partial charge on any atom is 0.0312 e. The molecular weight excluding hydrogens is 270 g/mol. The van der Waals surface area contributed by atoms with Gasteiger partial charge in [0.05, 0.1) is 0 Å². The Morgan fingerprint density at radius 1 is 1.09 bits per heavy atom. The van der Waals surface area contributed by atoms with Gasteiger partial charge in [-0.15, -0.1) is 0 Å². The summed E-state index contributed by atoms with van der Waals surface area (Å²) in [5.74, 6) is 0. The van der Waals surface area contributed by atoms with Gasteiger partial charge in [-0.25, -0.2) is 0 Å². The standard InChI is InChI=1S/C19H27N3/c1-15-10-16(2)19(17(3)11-15)14-22(9-5-7-20)13-18-6-4-8-21-12-18/h4,6,8,10-12H,5,7,9,13-14,20H2,1-3H3. The summed E-state index contributed by atoms with van der Waals surface area (Å²) < 4.78 is 0. The molecule has 0 amide bonds. The monoisotopic (exact) mass is 297 g/mol. The Kier molecular flexibility index (Phi) is 6.10. The van der Waals surface area contributed by atoms with E-state index in [0.29, 0.717) is 0 Å². The molecule has 0 aliphatic carbocycles. The van der Waals surface area contributed by atoms with E-state index >= 15 is 0 Å². The molecule has 2 N–H and O–H groups in total. The molecule has 0 saturated carbocycles. The lowest BCUT2D eigenvalue weighted by Gasteiger charge is -2.24. The first-order valence-electron chi connectivity index (χ1n) is 7.98. The zero-order chi connectivity index (χ0) is 15.9. The van der Waals surface area contributed by atoms with E-state index < -0.39 is 0 Å². The summed E-state index contributed by atoms with van der Waals surface area (Å²) in [5, 5.41) is 0. The quantitative estimate of drug-likeness (QED) is 0.852. The van der Waals surface area contributed by atoms with Crippen molar-refractivity contribution in [3.05, 3.63) is 64.5 Å². The Morgan fingerprint density at radius 2 is 1.82 bits per heavy atom. The molecule has 1 heterocycles. The Morgan fingerprint density at radius 3 is 2.41 bits per heavy atom. The van der Waals surface area contributed by atoms with Crippen molar-refractivity contribution >= 4 is 0 Å². The average molecular weight is 297 g/mol. The molecule has 0 spiro atoms. The van der Waals surface area contributed by atoms with Crippen LogP contribution in [-0.4, -0.2) is 23.0 Å². The average Bonchev–Trinajstić information content (AvgIpc) is 2.49. The molecule has 1 aromatic heterocycles. The largest absolute Gasteiger partial charge is 0.330 e. The van der Waals surface area contributed by atoms with Crippen molar-refractivity contribution in [2.24, 2.45) is 5.73 Å². The summed E-state index contributed by atoms with van der Waals surface area (Å²) in [7, 11) is 0. The highest BCUT2D eigenvalue weighted by Gasteiger charge is 2.11. The molecule has 0 unspecified atom stereocenters. The first kappa shape index (κ1) is 16.7. The molecule has 2 aromatic rings. The molecule has 0 fully saturated rings. The highest BCUT2D eigenvalue weighted by atomic mass is 15.1. The topological polar surface area (TPSA) is 42.1 Å². The van der Waals surface area contributed by atoms with Crippen molar-refractivity contribution < 1.29 is 0 Å². The number of hydrogen-bond donors (Lipinski definition) is 1. The SMILES string of the molecule is Cc1cc(C)c(CN(CCCN)Cc2cccnc2)c(C)c1. The second kappa shape index (κ2) is 8.06. The van der Waals surface area contributed by atoms with E-state index in [1.807, 2.05) is 18.5 Å². The lowest BCUT2D eigenvalue weighted by atomic mass is 9.99. The number of pyridine rings is 1. The second-order valence-electron chi connectivity index (χ2n) is 6.09. The van der Waals surface area contributed by atoms with Crippen LogP contribution < -0.4 is 5.73 Å². The number of rotatable bonds is 7. The van der Waals surface area contributed by atoms with Gasteiger partial charge in [-0.2, -0.15) is 0 Å². The summed E-state index contributed by atoms with van der Waals surface area (Å²) in [4.78, 5) is 6.69. The van der Waals surface area contributed by atoms with Gasteiger partial charge in [-0.3, -0.25) is 9.88 Å². The molecule has 118 valence electrons. The molecule has 1 aromatic carbocycles. The number of hydrogen-bond acceptors (Lipinski definition) is 3. The molecule has 0 aliphatic rings. The van der Waals surface area contributed by atoms with E-state index in [-0.39, 0.29) is 0 Å². The second-order valence-corrected chi connectivity index (χ2v) is 6.09. The third kappa shape index (κ3) is 4.65. The number of aryl methyl sites for hydroxylation is 3. The molecule has 0 aliphatic heterocycles. The van der Waals surface area contributed by atoms with Crippen molar-refractivity contribution in [1.29, 1.82) is 0 Å². The maximum absolute atomic E-state index is 5.70. The van der Waals surface area contributed by atoms with Crippen LogP contribution in [0.1, 0.15) is 34.2 Å². The molecule has 0 atom stereocenters. The van der Waals surface area contributed by atoms with Crippen molar-refractivity contribution in [1.82, 2.24) is 9.88 Å². The fourth-order valence-corrected chi connectivity index (χ4v) is 2.96. The Balaban J connectivity index is 2.16. The van der Waals surface area contributed by atoms with Gasteiger partial charge < -0.3 is 5.73 Å². The van der Waals surface area contributed by atoms with Crippen LogP contribution in [0.25, 0.3) is 0 Å². The third-order valence-corrected chi connectivity index (χ3v) is 4.03. The molecule has 3 heteroatoms. The Hall–Kier alpha value is -1.71. The van der Waals surface area contributed by atoms with Crippen LogP contribution in [0.15, 0.2) is 36.7 Å². The maximum atomic E-state index is 5.70.